The van der Waals surface area contributed by atoms with Crippen LogP contribution in [0.25, 0.3) is 10.8 Å². The first-order valence-corrected chi connectivity index (χ1v) is 7.88. The number of benzene rings is 1. The van der Waals surface area contributed by atoms with Crippen molar-refractivity contribution in [3.05, 3.63) is 42.2 Å². The Bertz CT molecular complexity index is 625. The fraction of sp³-hybridized carbons (Fsp3) is 0.444. The van der Waals surface area contributed by atoms with Crippen molar-refractivity contribution in [3.8, 4) is 0 Å². The molecule has 1 aromatic heterocycles. The first kappa shape index (κ1) is 14.1. The van der Waals surface area contributed by atoms with Crippen LogP contribution in [0.5, 0.6) is 0 Å². The van der Waals surface area contributed by atoms with Gasteiger partial charge in [-0.25, -0.2) is 0 Å². The van der Waals surface area contributed by atoms with E-state index in [0.717, 1.165) is 23.6 Å². The van der Waals surface area contributed by atoms with E-state index >= 15 is 0 Å². The SMILES string of the molecule is CN(C(=O)c1nccc2ccccc12)C1CCCCCC1. The highest BCUT2D eigenvalue weighted by atomic mass is 16.2. The number of rotatable bonds is 2. The molecule has 0 spiro atoms. The van der Waals surface area contributed by atoms with E-state index < -0.39 is 0 Å². The molecule has 0 N–H and O–H groups in total. The number of pyridine rings is 1. The number of carbonyl (C=O) groups is 1. The fourth-order valence-electron chi connectivity index (χ4n) is 3.27. The standard InChI is InChI=1S/C18H22N2O/c1-20(15-9-4-2-3-5-10-15)18(21)17-16-11-7-6-8-14(16)12-13-19-17/h6-8,11-13,15H,2-5,9-10H2,1H3. The lowest BCUT2D eigenvalue weighted by molar-refractivity contribution is 0.0714. The lowest BCUT2D eigenvalue weighted by Crippen LogP contribution is -2.37. The van der Waals surface area contributed by atoms with Crippen LogP contribution >= 0.6 is 0 Å². The first-order valence-electron chi connectivity index (χ1n) is 7.88. The Morgan fingerprint density at radius 2 is 1.81 bits per heavy atom. The highest BCUT2D eigenvalue weighted by Gasteiger charge is 2.24. The summed E-state index contributed by atoms with van der Waals surface area (Å²) in [6.45, 7) is 0. The molecule has 1 aliphatic carbocycles. The van der Waals surface area contributed by atoms with Crippen molar-refractivity contribution in [1.82, 2.24) is 9.88 Å². The summed E-state index contributed by atoms with van der Waals surface area (Å²) in [6.07, 6.45) is 9.02. The fourth-order valence-corrected chi connectivity index (χ4v) is 3.27. The van der Waals surface area contributed by atoms with E-state index in [2.05, 4.69) is 4.98 Å². The summed E-state index contributed by atoms with van der Waals surface area (Å²) in [4.78, 5) is 19.1. The predicted molar refractivity (Wildman–Crippen MR) is 85.3 cm³/mol. The Morgan fingerprint density at radius 1 is 1.10 bits per heavy atom. The molecule has 1 heterocycles. The van der Waals surface area contributed by atoms with Gasteiger partial charge in [-0.05, 0) is 24.3 Å². The summed E-state index contributed by atoms with van der Waals surface area (Å²) in [5.41, 5.74) is 0.583. The molecule has 1 aliphatic rings. The molecular weight excluding hydrogens is 260 g/mol. The highest BCUT2D eigenvalue weighted by Crippen LogP contribution is 2.24. The third kappa shape index (κ3) is 2.92. The van der Waals surface area contributed by atoms with E-state index in [4.69, 9.17) is 0 Å². The lowest BCUT2D eigenvalue weighted by Gasteiger charge is -2.27. The molecule has 3 nitrogen and oxygen atoms in total. The minimum Gasteiger partial charge on any atom is -0.337 e. The predicted octanol–water partition coefficient (Wildman–Crippen LogP) is 4.03. The molecule has 0 unspecified atom stereocenters. The molecule has 0 saturated heterocycles. The average molecular weight is 282 g/mol. The van der Waals surface area contributed by atoms with Gasteiger partial charge in [0, 0.05) is 24.7 Å². The highest BCUT2D eigenvalue weighted by molar-refractivity contribution is 6.05. The van der Waals surface area contributed by atoms with E-state index in [-0.39, 0.29) is 5.91 Å². The van der Waals surface area contributed by atoms with Crippen LogP contribution in [0.1, 0.15) is 49.0 Å². The van der Waals surface area contributed by atoms with Gasteiger partial charge >= 0.3 is 0 Å². The second-order valence-electron chi connectivity index (χ2n) is 5.94. The zero-order valence-electron chi connectivity index (χ0n) is 12.6. The van der Waals surface area contributed by atoms with Crippen molar-refractivity contribution < 1.29 is 4.79 Å². The largest absolute Gasteiger partial charge is 0.337 e. The van der Waals surface area contributed by atoms with Gasteiger partial charge in [-0.15, -0.1) is 0 Å². The smallest absolute Gasteiger partial charge is 0.273 e. The second kappa shape index (κ2) is 6.25. The van der Waals surface area contributed by atoms with Gasteiger partial charge in [0.2, 0.25) is 0 Å². The second-order valence-corrected chi connectivity index (χ2v) is 5.94. The number of amides is 1. The summed E-state index contributed by atoms with van der Waals surface area (Å²) in [7, 11) is 1.93. The molecule has 21 heavy (non-hydrogen) atoms. The van der Waals surface area contributed by atoms with Gasteiger partial charge < -0.3 is 4.90 Å². The number of hydrogen-bond acceptors (Lipinski definition) is 2. The summed E-state index contributed by atoms with van der Waals surface area (Å²) in [6, 6.07) is 10.3. The Hall–Kier alpha value is -1.90. The van der Waals surface area contributed by atoms with Crippen LogP contribution in [0.15, 0.2) is 36.5 Å². The summed E-state index contributed by atoms with van der Waals surface area (Å²) < 4.78 is 0. The first-order chi connectivity index (χ1) is 10.3. The number of carbonyl (C=O) groups excluding carboxylic acids is 1. The van der Waals surface area contributed by atoms with Gasteiger partial charge in [-0.3, -0.25) is 9.78 Å². The number of aromatic nitrogens is 1. The maximum absolute atomic E-state index is 12.8. The molecule has 1 fully saturated rings. The van der Waals surface area contributed by atoms with Crippen LogP contribution in [0.3, 0.4) is 0 Å². The molecule has 0 aliphatic heterocycles. The molecule has 3 rings (SSSR count). The van der Waals surface area contributed by atoms with Gasteiger partial charge in [0.05, 0.1) is 0 Å². The number of fused-ring (bicyclic) bond motifs is 1. The van der Waals surface area contributed by atoms with Crippen LogP contribution in [0, 0.1) is 0 Å². The van der Waals surface area contributed by atoms with Gasteiger partial charge in [0.15, 0.2) is 0 Å². The van der Waals surface area contributed by atoms with Gasteiger partial charge in [0.1, 0.15) is 5.69 Å². The minimum atomic E-state index is 0.0544. The molecule has 0 bridgehead atoms. The molecule has 1 saturated carbocycles. The van der Waals surface area contributed by atoms with Crippen molar-refractivity contribution in [2.45, 2.75) is 44.6 Å². The van der Waals surface area contributed by atoms with Crippen LogP contribution in [-0.2, 0) is 0 Å². The molecule has 1 amide bonds. The summed E-state index contributed by atoms with van der Waals surface area (Å²) in [5.74, 6) is 0.0544. The van der Waals surface area contributed by atoms with E-state index in [1.54, 1.807) is 6.20 Å². The quantitative estimate of drug-likeness (QED) is 0.779. The monoisotopic (exact) mass is 282 g/mol. The van der Waals surface area contributed by atoms with E-state index in [1.807, 2.05) is 42.3 Å². The number of nitrogens with zero attached hydrogens (tertiary/aromatic N) is 2. The van der Waals surface area contributed by atoms with Crippen molar-refractivity contribution in [2.24, 2.45) is 0 Å². The van der Waals surface area contributed by atoms with Crippen molar-refractivity contribution in [1.29, 1.82) is 0 Å². The van der Waals surface area contributed by atoms with Gasteiger partial charge in [-0.2, -0.15) is 0 Å². The third-order valence-electron chi connectivity index (χ3n) is 4.57. The Morgan fingerprint density at radius 3 is 2.57 bits per heavy atom. The lowest BCUT2D eigenvalue weighted by atomic mass is 10.1. The van der Waals surface area contributed by atoms with Crippen molar-refractivity contribution in [2.75, 3.05) is 7.05 Å². The molecule has 1 aromatic carbocycles. The normalized spacial score (nSPS) is 16.6. The summed E-state index contributed by atoms with van der Waals surface area (Å²) in [5, 5.41) is 2.02. The Balaban J connectivity index is 1.89. The zero-order valence-corrected chi connectivity index (χ0v) is 12.6. The van der Waals surface area contributed by atoms with Gasteiger partial charge in [0.25, 0.3) is 5.91 Å². The van der Waals surface area contributed by atoms with E-state index in [1.165, 1.54) is 25.7 Å². The maximum Gasteiger partial charge on any atom is 0.273 e. The topological polar surface area (TPSA) is 33.2 Å². The molecular formula is C18H22N2O. The average Bonchev–Trinajstić information content (AvgIpc) is 2.82. The molecule has 3 heteroatoms. The van der Waals surface area contributed by atoms with E-state index in [9.17, 15) is 4.79 Å². The van der Waals surface area contributed by atoms with Crippen LogP contribution < -0.4 is 0 Å². The van der Waals surface area contributed by atoms with Crippen molar-refractivity contribution >= 4 is 16.7 Å². The van der Waals surface area contributed by atoms with Gasteiger partial charge in [-0.1, -0.05) is 49.9 Å². The Kier molecular flexibility index (Phi) is 4.18. The molecule has 0 atom stereocenters. The molecule has 0 radical (unpaired) electrons. The third-order valence-corrected chi connectivity index (χ3v) is 4.57. The molecule has 2 aromatic rings. The maximum atomic E-state index is 12.8. The van der Waals surface area contributed by atoms with Crippen LogP contribution in [0.2, 0.25) is 0 Å². The molecule has 110 valence electrons. The van der Waals surface area contributed by atoms with Crippen molar-refractivity contribution in [3.63, 3.8) is 0 Å². The van der Waals surface area contributed by atoms with E-state index in [0.29, 0.717) is 11.7 Å². The zero-order chi connectivity index (χ0) is 14.7. The summed E-state index contributed by atoms with van der Waals surface area (Å²) >= 11 is 0. The Labute approximate surface area is 126 Å². The van der Waals surface area contributed by atoms with Crippen LogP contribution in [0.4, 0.5) is 0 Å². The minimum absolute atomic E-state index is 0.0544. The number of hydrogen-bond donors (Lipinski definition) is 0. The van der Waals surface area contributed by atoms with Crippen LogP contribution in [-0.4, -0.2) is 28.9 Å².